The number of carbonyl (C=O) groups is 2. The molecule has 0 unspecified atom stereocenters. The molecule has 0 aromatic carbocycles. The van der Waals surface area contributed by atoms with E-state index in [-0.39, 0.29) is 11.6 Å². The van der Waals surface area contributed by atoms with Crippen LogP contribution < -0.4 is 0 Å². The lowest BCUT2D eigenvalue weighted by Crippen LogP contribution is -2.07. The van der Waals surface area contributed by atoms with Crippen LogP contribution in [0.3, 0.4) is 0 Å². The average molecular weight is 279 g/mol. The van der Waals surface area contributed by atoms with E-state index in [9.17, 15) is 9.59 Å². The van der Waals surface area contributed by atoms with E-state index in [0.29, 0.717) is 50.2 Å². The normalized spacial score (nSPS) is 10.5. The van der Waals surface area contributed by atoms with Crippen molar-refractivity contribution in [2.24, 2.45) is 0 Å². The van der Waals surface area contributed by atoms with Crippen molar-refractivity contribution in [3.8, 4) is 0 Å². The van der Waals surface area contributed by atoms with Gasteiger partial charge in [0.2, 0.25) is 0 Å². The number of carbonyl (C=O) groups excluding carboxylic acids is 2. The van der Waals surface area contributed by atoms with Crippen LogP contribution in [0.5, 0.6) is 0 Å². The minimum atomic E-state index is -0.0615. The fraction of sp³-hybridized carbons (Fsp3) is 0.533. The Labute approximate surface area is 119 Å². The van der Waals surface area contributed by atoms with Gasteiger partial charge in [-0.3, -0.25) is 14.6 Å². The summed E-state index contributed by atoms with van der Waals surface area (Å²) in [5.74, 6) is -0.0519. The molecule has 0 radical (unpaired) electrons. The van der Waals surface area contributed by atoms with Crippen LogP contribution in [-0.4, -0.2) is 44.0 Å². The maximum Gasteiger partial charge on any atom is 0.181 e. The molecule has 0 saturated heterocycles. The van der Waals surface area contributed by atoms with Gasteiger partial charge in [-0.15, -0.1) is 0 Å². The van der Waals surface area contributed by atoms with Crippen LogP contribution in [0.2, 0.25) is 0 Å². The third kappa shape index (κ3) is 5.59. The van der Waals surface area contributed by atoms with Crippen LogP contribution in [0.1, 0.15) is 46.5 Å². The van der Waals surface area contributed by atoms with Crippen molar-refractivity contribution < 1.29 is 19.1 Å². The lowest BCUT2D eigenvalue weighted by atomic mass is 10.0. The number of Topliss-reactive ketones (excluding diaryl/α,β-unsaturated/α-hetero) is 2. The Morgan fingerprint density at radius 1 is 1.05 bits per heavy atom. The van der Waals surface area contributed by atoms with E-state index in [0.717, 1.165) is 0 Å². The molecule has 1 aromatic rings. The molecule has 0 saturated carbocycles. The minimum absolute atomic E-state index is 0.00962. The van der Waals surface area contributed by atoms with Crippen LogP contribution in [0.15, 0.2) is 18.3 Å². The summed E-state index contributed by atoms with van der Waals surface area (Å²) < 4.78 is 9.82. The Bertz CT molecular complexity index is 408. The summed E-state index contributed by atoms with van der Waals surface area (Å²) in [6.45, 7) is 1.10. The van der Waals surface area contributed by atoms with Gasteiger partial charge in [0.1, 0.15) is 5.69 Å². The van der Waals surface area contributed by atoms with E-state index in [2.05, 4.69) is 4.98 Å². The van der Waals surface area contributed by atoms with Gasteiger partial charge in [-0.25, -0.2) is 0 Å². The predicted molar refractivity (Wildman–Crippen MR) is 75.1 cm³/mol. The largest absolute Gasteiger partial charge is 0.385 e. The summed E-state index contributed by atoms with van der Waals surface area (Å²) in [6, 6.07) is 3.21. The molecule has 5 nitrogen and oxygen atoms in total. The highest BCUT2D eigenvalue weighted by Crippen LogP contribution is 2.09. The summed E-state index contributed by atoms with van der Waals surface area (Å²) in [5, 5.41) is 0. The first-order valence-electron chi connectivity index (χ1n) is 6.69. The number of hydrogen-bond acceptors (Lipinski definition) is 5. The molecule has 0 fully saturated rings. The van der Waals surface area contributed by atoms with E-state index >= 15 is 0 Å². The van der Waals surface area contributed by atoms with Gasteiger partial charge >= 0.3 is 0 Å². The maximum absolute atomic E-state index is 11.9. The Hall–Kier alpha value is -1.59. The standard InChI is InChI=1S/C15H21NO4/c1-19-9-3-5-14(17)12-7-8-16-13(11-12)15(18)6-4-10-20-2/h7-8,11H,3-6,9-10H2,1-2H3. The van der Waals surface area contributed by atoms with Gasteiger partial charge < -0.3 is 9.47 Å². The average Bonchev–Trinajstić information content (AvgIpc) is 2.47. The van der Waals surface area contributed by atoms with Crippen molar-refractivity contribution in [1.82, 2.24) is 4.98 Å². The smallest absolute Gasteiger partial charge is 0.181 e. The van der Waals surface area contributed by atoms with Crippen LogP contribution in [0.25, 0.3) is 0 Å². The van der Waals surface area contributed by atoms with Crippen molar-refractivity contribution in [2.45, 2.75) is 25.7 Å². The summed E-state index contributed by atoms with van der Waals surface area (Å²) in [7, 11) is 3.20. The van der Waals surface area contributed by atoms with Crippen LogP contribution in [0, 0.1) is 0 Å². The molecule has 0 bridgehead atoms. The monoisotopic (exact) mass is 279 g/mol. The third-order valence-electron chi connectivity index (χ3n) is 2.87. The van der Waals surface area contributed by atoms with Gasteiger partial charge in [-0.05, 0) is 25.0 Å². The van der Waals surface area contributed by atoms with Gasteiger partial charge in [0.05, 0.1) is 0 Å². The predicted octanol–water partition coefficient (Wildman–Crippen LogP) is 2.30. The zero-order chi connectivity index (χ0) is 14.8. The second kappa shape index (κ2) is 9.34. The number of ketones is 2. The number of ether oxygens (including phenoxy) is 2. The number of methoxy groups -OCH3 is 2. The molecule has 0 N–H and O–H groups in total. The number of pyridine rings is 1. The third-order valence-corrected chi connectivity index (χ3v) is 2.87. The molecular formula is C15H21NO4. The van der Waals surface area contributed by atoms with Crippen molar-refractivity contribution >= 4 is 11.6 Å². The second-order valence-electron chi connectivity index (χ2n) is 4.47. The Kier molecular flexibility index (Phi) is 7.69. The van der Waals surface area contributed by atoms with Gasteiger partial charge in [-0.1, -0.05) is 0 Å². The number of rotatable bonds is 10. The van der Waals surface area contributed by atoms with Crippen molar-refractivity contribution in [2.75, 3.05) is 27.4 Å². The van der Waals surface area contributed by atoms with Crippen LogP contribution >= 0.6 is 0 Å². The van der Waals surface area contributed by atoms with Crippen molar-refractivity contribution in [3.63, 3.8) is 0 Å². The zero-order valence-electron chi connectivity index (χ0n) is 12.1. The summed E-state index contributed by atoms with van der Waals surface area (Å²) in [6.07, 6.45) is 3.63. The molecule has 0 atom stereocenters. The topological polar surface area (TPSA) is 65.5 Å². The number of aromatic nitrogens is 1. The molecule has 0 aliphatic carbocycles. The summed E-state index contributed by atoms with van der Waals surface area (Å²) in [5.41, 5.74) is 0.880. The van der Waals surface area contributed by atoms with E-state index in [1.807, 2.05) is 0 Å². The molecule has 1 aromatic heterocycles. The van der Waals surface area contributed by atoms with E-state index in [1.165, 1.54) is 6.20 Å². The Balaban J connectivity index is 2.60. The highest BCUT2D eigenvalue weighted by Gasteiger charge is 2.11. The lowest BCUT2D eigenvalue weighted by Gasteiger charge is -2.04. The molecular weight excluding hydrogens is 258 g/mol. The number of nitrogens with zero attached hydrogens (tertiary/aromatic N) is 1. The molecule has 0 spiro atoms. The van der Waals surface area contributed by atoms with E-state index < -0.39 is 0 Å². The second-order valence-corrected chi connectivity index (χ2v) is 4.47. The molecule has 0 amide bonds. The van der Waals surface area contributed by atoms with Gasteiger partial charge in [0.15, 0.2) is 11.6 Å². The van der Waals surface area contributed by atoms with Crippen LogP contribution in [0.4, 0.5) is 0 Å². The zero-order valence-corrected chi connectivity index (χ0v) is 12.1. The molecule has 0 aliphatic rings. The Morgan fingerprint density at radius 2 is 1.65 bits per heavy atom. The highest BCUT2D eigenvalue weighted by molar-refractivity contribution is 6.00. The SMILES string of the molecule is COCCCC(=O)c1ccnc(C(=O)CCCOC)c1. The first-order chi connectivity index (χ1) is 9.69. The first-order valence-corrected chi connectivity index (χ1v) is 6.69. The molecule has 0 aliphatic heterocycles. The van der Waals surface area contributed by atoms with Crippen molar-refractivity contribution in [3.05, 3.63) is 29.6 Å². The number of hydrogen-bond donors (Lipinski definition) is 0. The molecule has 5 heteroatoms. The molecule has 1 rings (SSSR count). The summed E-state index contributed by atoms with van der Waals surface area (Å²) >= 11 is 0. The fourth-order valence-corrected chi connectivity index (χ4v) is 1.78. The van der Waals surface area contributed by atoms with E-state index in [4.69, 9.17) is 9.47 Å². The van der Waals surface area contributed by atoms with Crippen LogP contribution in [-0.2, 0) is 9.47 Å². The van der Waals surface area contributed by atoms with Gasteiger partial charge in [-0.2, -0.15) is 0 Å². The molecule has 20 heavy (non-hydrogen) atoms. The maximum atomic E-state index is 11.9. The Morgan fingerprint density at radius 3 is 2.25 bits per heavy atom. The lowest BCUT2D eigenvalue weighted by molar-refractivity contribution is 0.0958. The van der Waals surface area contributed by atoms with Gasteiger partial charge in [0, 0.05) is 52.0 Å². The molecule has 110 valence electrons. The quantitative estimate of drug-likeness (QED) is 0.485. The highest BCUT2D eigenvalue weighted by atomic mass is 16.5. The molecule has 1 heterocycles. The minimum Gasteiger partial charge on any atom is -0.385 e. The van der Waals surface area contributed by atoms with Gasteiger partial charge in [0.25, 0.3) is 0 Å². The van der Waals surface area contributed by atoms with Crippen molar-refractivity contribution in [1.29, 1.82) is 0 Å². The fourth-order valence-electron chi connectivity index (χ4n) is 1.78. The first kappa shape index (κ1) is 16.5. The van der Waals surface area contributed by atoms with E-state index in [1.54, 1.807) is 26.4 Å². The summed E-state index contributed by atoms with van der Waals surface area (Å²) in [4.78, 5) is 27.9.